The molecule has 0 bridgehead atoms. The third kappa shape index (κ3) is 23.3. The lowest BCUT2D eigenvalue weighted by atomic mass is 9.97. The molecule has 5 nitrogen and oxygen atoms in total. The van der Waals surface area contributed by atoms with Gasteiger partial charge < -0.3 is 23.8 Å². The van der Waals surface area contributed by atoms with Crippen molar-refractivity contribution in [3.8, 4) is 43.9 Å². The van der Waals surface area contributed by atoms with Crippen molar-refractivity contribution in [2.24, 2.45) is 0 Å². The van der Waals surface area contributed by atoms with Gasteiger partial charge in [0.05, 0.1) is 28.4 Å². The first-order valence-electron chi connectivity index (χ1n) is 40.0. The summed E-state index contributed by atoms with van der Waals surface area (Å²) in [7, 11) is 10.6. The highest BCUT2D eigenvalue weighted by molar-refractivity contribution is 7.23. The maximum Gasteiger partial charge on any atom is 0.130 e. The second-order valence-electron chi connectivity index (χ2n) is 28.6. The average Bonchev–Trinajstić information content (AvgIpc) is 1.64. The molecule has 0 fully saturated rings. The van der Waals surface area contributed by atoms with Gasteiger partial charge in [-0.15, -0.1) is 56.7 Å². The summed E-state index contributed by atoms with van der Waals surface area (Å²) in [6.45, 7) is 34.3. The van der Waals surface area contributed by atoms with Gasteiger partial charge in [0.2, 0.25) is 0 Å². The van der Waals surface area contributed by atoms with Crippen LogP contribution < -0.4 is 23.8 Å². The summed E-state index contributed by atoms with van der Waals surface area (Å²) in [5.41, 5.74) is 20.4. The van der Waals surface area contributed by atoms with Crippen molar-refractivity contribution in [1.29, 1.82) is 0 Å². The Labute approximate surface area is 745 Å². The van der Waals surface area contributed by atoms with Crippen LogP contribution in [0.3, 0.4) is 0 Å². The van der Waals surface area contributed by atoms with E-state index in [9.17, 15) is 0 Å². The Balaban J connectivity index is 0.000000130. The smallest absolute Gasteiger partial charge is 0.130 e. The van der Waals surface area contributed by atoms with Crippen LogP contribution >= 0.6 is 56.7 Å². The number of anilines is 1. The van der Waals surface area contributed by atoms with E-state index in [2.05, 4.69) is 330 Å². The van der Waals surface area contributed by atoms with Crippen molar-refractivity contribution in [2.75, 3.05) is 47.4 Å². The summed E-state index contributed by atoms with van der Waals surface area (Å²) in [6.07, 6.45) is 3.74. The SMILES string of the molecule is C=C(C)c1ccc2ccccc2c1.C=C(c1cc2ccccc2s1)c1cc2ccccc2s1.C=C(c1ccc(OC)cc1OC)c1ccc(OC)cc1OC.C=C(c1ccccc1)c1ccc(N(C)C)cc1.C=C(c1ccccc1)c1ccc2ccccc2c1.C=C1c2ccccc2-c2ccccc21.C=Cc1ccc(-c2cccs2)s1.C=Cc1cccs1. The van der Waals surface area contributed by atoms with E-state index in [0.717, 1.165) is 56.1 Å². The number of hydrogen-bond acceptors (Lipinski definition) is 10. The number of rotatable bonds is 17. The molecule has 123 heavy (non-hydrogen) atoms. The molecule has 19 rings (SSSR count). The second kappa shape index (κ2) is 44.0. The average molecular weight is 1700 g/mol. The van der Waals surface area contributed by atoms with Gasteiger partial charge in [-0.3, -0.25) is 0 Å². The summed E-state index contributed by atoms with van der Waals surface area (Å²) < 4.78 is 24.0. The minimum atomic E-state index is 0.697. The van der Waals surface area contributed by atoms with E-state index in [1.54, 1.807) is 62.4 Å². The van der Waals surface area contributed by atoms with E-state index in [1.165, 1.54) is 127 Å². The molecule has 0 N–H and O–H groups in total. The summed E-state index contributed by atoms with van der Waals surface area (Å²) in [4.78, 5) is 9.76. The highest BCUT2D eigenvalue weighted by Crippen LogP contribution is 2.44. The van der Waals surface area contributed by atoms with Crippen molar-refractivity contribution < 1.29 is 18.9 Å². The number of hydrogen-bond donors (Lipinski definition) is 0. The molecular weight excluding hydrogens is 1600 g/mol. The van der Waals surface area contributed by atoms with Crippen molar-refractivity contribution in [2.45, 2.75) is 6.92 Å². The number of benzene rings is 13. The molecule has 1 aliphatic rings. The molecule has 0 saturated heterocycles. The number of methoxy groups -OCH3 is 4. The third-order valence-electron chi connectivity index (χ3n) is 20.4. The van der Waals surface area contributed by atoms with E-state index in [1.807, 2.05) is 146 Å². The Morgan fingerprint density at radius 2 is 0.724 bits per heavy atom. The molecular formula is C113H99NO4S5. The molecule has 10 heteroatoms. The van der Waals surface area contributed by atoms with Crippen LogP contribution in [0.1, 0.15) is 76.5 Å². The van der Waals surface area contributed by atoms with Gasteiger partial charge in [-0.1, -0.05) is 313 Å². The monoisotopic (exact) mass is 1690 g/mol. The topological polar surface area (TPSA) is 40.2 Å². The van der Waals surface area contributed by atoms with Crippen LogP contribution in [0.5, 0.6) is 23.0 Å². The van der Waals surface area contributed by atoms with E-state index in [0.29, 0.717) is 11.5 Å². The molecule has 0 radical (unpaired) electrons. The van der Waals surface area contributed by atoms with Gasteiger partial charge in [-0.25, -0.2) is 0 Å². The molecule has 18 aromatic rings. The fourth-order valence-corrected chi connectivity index (χ4v) is 18.0. The zero-order chi connectivity index (χ0) is 86.6. The normalized spacial score (nSPS) is 10.5. The van der Waals surface area contributed by atoms with Crippen molar-refractivity contribution in [1.82, 2.24) is 0 Å². The molecule has 0 aliphatic heterocycles. The number of ether oxygens (including phenoxy) is 4. The molecule has 0 amide bonds. The van der Waals surface area contributed by atoms with Gasteiger partial charge in [0.1, 0.15) is 23.0 Å². The molecule has 0 saturated carbocycles. The maximum absolute atomic E-state index is 5.44. The fraction of sp³-hybridized carbons (Fsp3) is 0.0619. The molecule has 5 aromatic heterocycles. The van der Waals surface area contributed by atoms with Gasteiger partial charge >= 0.3 is 0 Å². The number of fused-ring (bicyclic) bond motifs is 7. The predicted molar refractivity (Wildman–Crippen MR) is 544 cm³/mol. The Kier molecular flexibility index (Phi) is 31.7. The molecule has 610 valence electrons. The first kappa shape index (κ1) is 88.6. The Morgan fingerprint density at radius 3 is 1.15 bits per heavy atom. The molecule has 13 aromatic carbocycles. The number of thiophene rings is 5. The Hall–Kier alpha value is -13.7. The minimum absolute atomic E-state index is 0.697. The summed E-state index contributed by atoms with van der Waals surface area (Å²) in [5, 5.41) is 11.8. The number of allylic oxidation sites excluding steroid dienone is 1. The minimum Gasteiger partial charge on any atom is -0.497 e. The molecule has 5 heterocycles. The quantitative estimate of drug-likeness (QED) is 0.0909. The number of nitrogens with zero attached hydrogens (tertiary/aromatic N) is 1. The van der Waals surface area contributed by atoms with Crippen LogP contribution in [0.4, 0.5) is 5.69 Å². The highest BCUT2D eigenvalue weighted by atomic mass is 32.1. The van der Waals surface area contributed by atoms with E-state index >= 15 is 0 Å². The van der Waals surface area contributed by atoms with Gasteiger partial charge in [0.15, 0.2) is 0 Å². The summed E-state index contributed by atoms with van der Waals surface area (Å²) in [5.74, 6) is 2.86. The van der Waals surface area contributed by atoms with Crippen LogP contribution in [0.25, 0.3) is 108 Å². The van der Waals surface area contributed by atoms with Crippen LogP contribution in [-0.4, -0.2) is 42.5 Å². The molecule has 1 aliphatic carbocycles. The maximum atomic E-state index is 5.44. The van der Waals surface area contributed by atoms with Crippen molar-refractivity contribution in [3.63, 3.8) is 0 Å². The molecule has 0 unspecified atom stereocenters. The van der Waals surface area contributed by atoms with Gasteiger partial charge in [-0.2, -0.15) is 0 Å². The largest absolute Gasteiger partial charge is 0.497 e. The van der Waals surface area contributed by atoms with Gasteiger partial charge in [0, 0.05) is 87.3 Å². The molecule has 0 atom stereocenters. The first-order valence-corrected chi connectivity index (χ1v) is 44.2. The lowest BCUT2D eigenvalue weighted by molar-refractivity contribution is 0.392. The second-order valence-corrected chi connectivity index (χ2v) is 33.8. The summed E-state index contributed by atoms with van der Waals surface area (Å²) in [6, 6.07) is 121. The Bertz CT molecular complexity index is 6390. The zero-order valence-electron chi connectivity index (χ0n) is 70.6. The van der Waals surface area contributed by atoms with Crippen LogP contribution in [0.2, 0.25) is 0 Å². The first-order chi connectivity index (χ1) is 60.0. The standard InChI is InChI=1S/C18H20O4.C18H12S2.C18H14.C16H17N.C14H10.C13H12.C10H8S2.C6H6S/c1-12(15-8-6-13(19-2)10-17(15)21-4)16-9-7-14(20-3)11-18(16)22-5;1-12(17-10-13-6-2-4-8-15(13)19-17)18-11-14-7-3-5-9-16(14)20-18;1-14(15-7-3-2-4-8-15)17-12-11-16-9-5-6-10-18(16)13-17;1-13(14-7-5-4-6-8-14)15-9-11-16(12-10-15)17(2)3;1-10-11-6-2-4-8-13(11)14-9-5-3-7-12(10)14;1-10(2)12-8-7-11-5-3-4-6-13(11)9-12;1-2-8-5-6-10(12-8)9-4-3-7-11-9;1-2-6-4-3-5-7-6/h6-11H,1H2,2-5H3;2-11H,1H2;2-13H,1H2;4-12H,1H2,2-3H3;2-9H,1H2;3-9H,1H2,2H3;2-7H,1H2;2-5H,1H2. The van der Waals surface area contributed by atoms with Gasteiger partial charge in [0.25, 0.3) is 0 Å². The summed E-state index contributed by atoms with van der Waals surface area (Å²) >= 11 is 8.90. The lowest BCUT2D eigenvalue weighted by Crippen LogP contribution is -2.08. The van der Waals surface area contributed by atoms with Crippen LogP contribution in [0, 0.1) is 0 Å². The van der Waals surface area contributed by atoms with E-state index in [4.69, 9.17) is 18.9 Å². The fourth-order valence-electron chi connectivity index (χ4n) is 13.6. The third-order valence-corrected chi connectivity index (χ3v) is 25.7. The van der Waals surface area contributed by atoms with Crippen molar-refractivity contribution >= 4 is 150 Å². The van der Waals surface area contributed by atoms with Crippen LogP contribution in [0.15, 0.2) is 415 Å². The van der Waals surface area contributed by atoms with E-state index < -0.39 is 0 Å². The van der Waals surface area contributed by atoms with Crippen LogP contribution in [-0.2, 0) is 0 Å². The highest BCUT2D eigenvalue weighted by Gasteiger charge is 2.21. The van der Waals surface area contributed by atoms with Gasteiger partial charge in [-0.05, 0) is 219 Å². The lowest BCUT2D eigenvalue weighted by Gasteiger charge is -2.16. The Morgan fingerprint density at radius 1 is 0.309 bits per heavy atom. The predicted octanol–water partition coefficient (Wildman–Crippen LogP) is 32.8. The van der Waals surface area contributed by atoms with E-state index in [-0.39, 0.29) is 0 Å². The zero-order valence-corrected chi connectivity index (χ0v) is 74.7. The molecule has 0 spiro atoms. The van der Waals surface area contributed by atoms with Crippen molar-refractivity contribution in [3.05, 3.63) is 485 Å².